The molecule has 8 nitrogen and oxygen atoms in total. The largest absolute Gasteiger partial charge is 0.286 e. The van der Waals surface area contributed by atoms with Crippen LogP contribution in [0, 0.1) is 47.3 Å². The topological polar surface area (TPSA) is 96.2 Å². The van der Waals surface area contributed by atoms with Crippen LogP contribution in [0.5, 0.6) is 0 Å². The van der Waals surface area contributed by atoms with Crippen molar-refractivity contribution >= 4 is 167 Å². The second-order valence-corrected chi connectivity index (χ2v) is 27.7. The van der Waals surface area contributed by atoms with E-state index in [1.165, 1.54) is 0 Å². The highest BCUT2D eigenvalue weighted by Crippen LogP contribution is 2.52. The van der Waals surface area contributed by atoms with Gasteiger partial charge in [-0.15, -0.1) is 23.2 Å². The van der Waals surface area contributed by atoms with Crippen LogP contribution in [0.1, 0.15) is 32.1 Å². The summed E-state index contributed by atoms with van der Waals surface area (Å²) in [5.74, 6) is 2.90. The molecule has 5 saturated heterocycles. The van der Waals surface area contributed by atoms with E-state index in [2.05, 4.69) is 186 Å². The van der Waals surface area contributed by atoms with Crippen LogP contribution in [-0.4, -0.2) is 104 Å². The third-order valence-electron chi connectivity index (χ3n) is 14.1. The number of fused-ring (bicyclic) bond motifs is 20. The lowest BCUT2D eigenvalue weighted by Gasteiger charge is -2.43. The summed E-state index contributed by atoms with van der Waals surface area (Å²) in [6, 6.07) is 0. The number of rotatable bonds is 0. The third kappa shape index (κ3) is 7.22. The Morgan fingerprint density at radius 3 is 0.980 bits per heavy atom. The first kappa shape index (κ1) is 41.0. The average molecular weight is 1330 g/mol. The molecule has 0 radical (unpaired) electrons. The Kier molecular flexibility index (Phi) is 12.9. The molecule has 19 heteroatoms. The lowest BCUT2D eigenvalue weighted by molar-refractivity contribution is 0.182. The predicted molar refractivity (Wildman–Crippen MR) is 240 cm³/mol. The Bertz CT molecular complexity index is 1300. The molecular formula is C32H45Br9Cl2N8. The van der Waals surface area contributed by atoms with Crippen molar-refractivity contribution in [2.24, 2.45) is 47.3 Å². The Hall–Kier alpha value is 4.58. The molecular weight excluding hydrogens is 1290 g/mol. The monoisotopic (exact) mass is 1320 g/mol. The summed E-state index contributed by atoms with van der Waals surface area (Å²) in [4.78, 5) is 2.81. The molecule has 9 rings (SSSR count). The molecule has 8 N–H and O–H groups in total. The Morgan fingerprint density at radius 2 is 0.569 bits per heavy atom. The van der Waals surface area contributed by atoms with Gasteiger partial charge in [0, 0.05) is 61.2 Å². The number of halogens is 11. The highest BCUT2D eigenvalue weighted by Gasteiger charge is 2.61. The quantitative estimate of drug-likeness (QED) is 0.132. The van der Waals surface area contributed by atoms with Crippen LogP contribution in [0.25, 0.3) is 0 Å². The second kappa shape index (κ2) is 16.1. The molecule has 4 aliphatic carbocycles. The fourth-order valence-corrected chi connectivity index (χ4v) is 19.8. The van der Waals surface area contributed by atoms with Gasteiger partial charge in [0.15, 0.2) is 0 Å². The highest BCUT2D eigenvalue weighted by molar-refractivity contribution is 9.14. The van der Waals surface area contributed by atoms with Gasteiger partial charge in [0.1, 0.15) is 0 Å². The van der Waals surface area contributed by atoms with Crippen LogP contribution < -0.4 is 42.5 Å². The summed E-state index contributed by atoms with van der Waals surface area (Å²) in [6.45, 7) is 0. The molecule has 290 valence electrons. The van der Waals surface area contributed by atoms with Crippen LogP contribution in [-0.2, 0) is 0 Å². The highest BCUT2D eigenvalue weighted by atomic mass is 79.9. The number of alkyl halides is 11. The molecule has 9 fully saturated rings. The molecule has 8 bridgehead atoms. The lowest BCUT2D eigenvalue weighted by Crippen LogP contribution is -2.62. The fraction of sp³-hybridized carbons (Fsp3) is 1.00. The first-order valence-corrected chi connectivity index (χ1v) is 27.5. The maximum absolute atomic E-state index is 7.45. The van der Waals surface area contributed by atoms with E-state index < -0.39 is 0 Å². The molecule has 27 unspecified atom stereocenters. The predicted octanol–water partition coefficient (Wildman–Crippen LogP) is 6.40. The summed E-state index contributed by atoms with van der Waals surface area (Å²) < 4.78 is 0. The average Bonchev–Trinajstić information content (AvgIpc) is 3.80. The van der Waals surface area contributed by atoms with E-state index in [-0.39, 0.29) is 86.4 Å². The molecule has 51 heavy (non-hydrogen) atoms. The SMILES string of the molecule is ClC1C(Br)C(Br)CC2C3NC4NC(NC5NC(NC6NC(NC(N3)C12)C1CC(Br)C(Br)CC61)C1CC(Br)C(Br)C(Cl)C51)C1C(Br)C(Br)C(Br)CC41. The van der Waals surface area contributed by atoms with Crippen LogP contribution >= 0.6 is 167 Å². The maximum Gasteiger partial charge on any atom is 0.0643 e. The molecule has 0 aromatic carbocycles. The fourth-order valence-electron chi connectivity index (χ4n) is 11.7. The summed E-state index contributed by atoms with van der Waals surface area (Å²) in [5.41, 5.74) is 0. The van der Waals surface area contributed by atoms with Crippen molar-refractivity contribution in [2.45, 2.75) is 136 Å². The molecule has 27 atom stereocenters. The molecule has 9 aliphatic rings. The summed E-state index contributed by atoms with van der Waals surface area (Å²) in [5, 5.41) is 33.2. The minimum absolute atomic E-state index is 0.0242. The van der Waals surface area contributed by atoms with Gasteiger partial charge in [0.25, 0.3) is 0 Å². The van der Waals surface area contributed by atoms with E-state index >= 15 is 0 Å². The van der Waals surface area contributed by atoms with Gasteiger partial charge in [-0.1, -0.05) is 143 Å². The van der Waals surface area contributed by atoms with Gasteiger partial charge in [-0.25, -0.2) is 0 Å². The van der Waals surface area contributed by atoms with Crippen molar-refractivity contribution in [3.05, 3.63) is 0 Å². The van der Waals surface area contributed by atoms with Gasteiger partial charge in [0.05, 0.1) is 60.1 Å². The van der Waals surface area contributed by atoms with E-state index in [1.807, 2.05) is 0 Å². The molecule has 4 saturated carbocycles. The van der Waals surface area contributed by atoms with Crippen molar-refractivity contribution < 1.29 is 0 Å². The number of nitrogens with one attached hydrogen (secondary N) is 8. The van der Waals surface area contributed by atoms with Crippen LogP contribution in [0.4, 0.5) is 0 Å². The summed E-state index contributed by atoms with van der Waals surface area (Å²) in [7, 11) is 0. The Morgan fingerprint density at radius 1 is 0.294 bits per heavy atom. The summed E-state index contributed by atoms with van der Waals surface area (Å²) >= 11 is 51.4. The first-order valence-electron chi connectivity index (χ1n) is 18.4. The molecule has 5 aliphatic heterocycles. The van der Waals surface area contributed by atoms with Gasteiger partial charge in [-0.3, -0.25) is 42.5 Å². The Labute approximate surface area is 387 Å². The van der Waals surface area contributed by atoms with Crippen molar-refractivity contribution in [3.63, 3.8) is 0 Å². The van der Waals surface area contributed by atoms with Gasteiger partial charge >= 0.3 is 0 Å². The van der Waals surface area contributed by atoms with Gasteiger partial charge < -0.3 is 0 Å². The standard InChI is InChI=1S/C32H45Br9Cl2N8/c33-11-1-6-7(2-12(11)34)26-44-25(6)45-28-10-5-15(37)21(40)24(43)18(10)32(50-28)51-30-16-8(3-13(35)19(38)22(16)41)27(48-30)46-29-9-4-14(36)20(39)23(42)17(9)31(47-26)49-29/h6-32,44-51H,1-5H2. The van der Waals surface area contributed by atoms with Crippen molar-refractivity contribution in [1.29, 1.82) is 0 Å². The van der Waals surface area contributed by atoms with E-state index in [1.54, 1.807) is 0 Å². The zero-order valence-electron chi connectivity index (χ0n) is 27.3. The molecule has 0 spiro atoms. The summed E-state index contributed by atoms with van der Waals surface area (Å²) in [6.07, 6.45) is 6.14. The minimum atomic E-state index is -0.0308. The van der Waals surface area contributed by atoms with Crippen LogP contribution in [0.15, 0.2) is 0 Å². The van der Waals surface area contributed by atoms with Crippen LogP contribution in [0.2, 0.25) is 0 Å². The van der Waals surface area contributed by atoms with Crippen molar-refractivity contribution in [1.82, 2.24) is 42.5 Å². The second-order valence-electron chi connectivity index (χ2n) is 16.6. The van der Waals surface area contributed by atoms with Crippen molar-refractivity contribution in [2.75, 3.05) is 0 Å². The van der Waals surface area contributed by atoms with Crippen molar-refractivity contribution in [3.8, 4) is 0 Å². The van der Waals surface area contributed by atoms with E-state index in [9.17, 15) is 0 Å². The van der Waals surface area contributed by atoms with E-state index in [0.717, 1.165) is 32.1 Å². The van der Waals surface area contributed by atoms with E-state index in [0.29, 0.717) is 64.5 Å². The lowest BCUT2D eigenvalue weighted by atomic mass is 9.76. The molecule has 0 aromatic heterocycles. The number of hydrogen-bond acceptors (Lipinski definition) is 8. The third-order valence-corrected chi connectivity index (χ3v) is 29.1. The van der Waals surface area contributed by atoms with Crippen LogP contribution in [0.3, 0.4) is 0 Å². The van der Waals surface area contributed by atoms with Gasteiger partial charge in [-0.05, 0) is 61.7 Å². The minimum Gasteiger partial charge on any atom is -0.286 e. The normalized spacial score (nSPS) is 63.9. The smallest absolute Gasteiger partial charge is 0.0643 e. The van der Waals surface area contributed by atoms with Gasteiger partial charge in [0.2, 0.25) is 0 Å². The van der Waals surface area contributed by atoms with E-state index in [4.69, 9.17) is 23.2 Å². The molecule has 5 heterocycles. The van der Waals surface area contributed by atoms with Gasteiger partial charge in [-0.2, -0.15) is 0 Å². The molecule has 0 aromatic rings. The first-order chi connectivity index (χ1) is 24.3. The zero-order chi connectivity index (χ0) is 35.8. The zero-order valence-corrected chi connectivity index (χ0v) is 43.1. The number of hydrogen-bond donors (Lipinski definition) is 8. The Balaban J connectivity index is 1.10. The molecule has 0 amide bonds. The maximum atomic E-state index is 7.45.